The lowest BCUT2D eigenvalue weighted by atomic mass is 9.99. The van der Waals surface area contributed by atoms with Crippen LogP contribution in [0.3, 0.4) is 0 Å². The molecule has 0 spiro atoms. The Bertz CT molecular complexity index is 952. The molecule has 0 saturated heterocycles. The molecule has 0 aromatic heterocycles. The minimum Gasteiger partial charge on any atom is -0.507 e. The second kappa shape index (κ2) is 9.68. The number of carbonyl (C=O) groups is 1. The zero-order valence-electron chi connectivity index (χ0n) is 17.3. The third-order valence-electron chi connectivity index (χ3n) is 4.36. The van der Waals surface area contributed by atoms with Gasteiger partial charge in [0.15, 0.2) is 17.3 Å². The molecule has 0 atom stereocenters. The topological polar surface area (TPSA) is 85.2 Å². The second-order valence-electron chi connectivity index (χ2n) is 6.60. The molecule has 0 bridgehead atoms. The lowest BCUT2D eigenvalue weighted by molar-refractivity contribution is 0.104. The number of methoxy groups -OCH3 is 3. The van der Waals surface area contributed by atoms with Crippen molar-refractivity contribution in [3.63, 3.8) is 0 Å². The molecule has 2 rings (SSSR count). The van der Waals surface area contributed by atoms with E-state index in [-0.39, 0.29) is 28.4 Å². The van der Waals surface area contributed by atoms with E-state index in [9.17, 15) is 15.0 Å². The molecular formula is C23H26O6. The normalized spacial score (nSPS) is 10.7. The Morgan fingerprint density at radius 2 is 1.62 bits per heavy atom. The summed E-state index contributed by atoms with van der Waals surface area (Å²) in [4.78, 5) is 12.8. The number of ether oxygens (including phenoxy) is 3. The van der Waals surface area contributed by atoms with Gasteiger partial charge in [0.2, 0.25) is 0 Å². The molecule has 0 aliphatic carbocycles. The van der Waals surface area contributed by atoms with Crippen molar-refractivity contribution in [2.24, 2.45) is 0 Å². The number of ketones is 1. The minimum absolute atomic E-state index is 0.000757. The predicted octanol–water partition coefficient (Wildman–Crippen LogP) is 4.53. The number of allylic oxidation sites excluding steroid dienone is 3. The first kappa shape index (κ1) is 21.9. The number of rotatable bonds is 8. The Morgan fingerprint density at radius 3 is 2.21 bits per heavy atom. The summed E-state index contributed by atoms with van der Waals surface area (Å²) < 4.78 is 15.7. The molecule has 6 heteroatoms. The molecule has 0 saturated carbocycles. The maximum atomic E-state index is 12.8. The highest BCUT2D eigenvalue weighted by Gasteiger charge is 2.21. The summed E-state index contributed by atoms with van der Waals surface area (Å²) in [6.45, 7) is 3.82. The van der Waals surface area contributed by atoms with Crippen LogP contribution in [0.2, 0.25) is 0 Å². The lowest BCUT2D eigenvalue weighted by Gasteiger charge is -2.13. The van der Waals surface area contributed by atoms with Gasteiger partial charge in [-0.2, -0.15) is 0 Å². The predicted molar refractivity (Wildman–Crippen MR) is 112 cm³/mol. The standard InChI is InChI=1S/C23H26O6/c1-14(2)6-9-16-18(25)13-21(29-5)22(23(16)26)17(24)10-7-15-8-11-19(27-3)20(12-15)28-4/h6-8,10-13,25-26H,9H2,1-5H3/b10-7+. The number of aromatic hydroxyl groups is 2. The Balaban J connectivity index is 2.42. The van der Waals surface area contributed by atoms with Gasteiger partial charge in [-0.1, -0.05) is 23.8 Å². The third kappa shape index (κ3) is 5.10. The van der Waals surface area contributed by atoms with Crippen LogP contribution in [0.5, 0.6) is 28.7 Å². The summed E-state index contributed by atoms with van der Waals surface area (Å²) in [5, 5.41) is 20.9. The van der Waals surface area contributed by atoms with Gasteiger partial charge in [-0.25, -0.2) is 0 Å². The van der Waals surface area contributed by atoms with E-state index in [1.165, 1.54) is 26.4 Å². The van der Waals surface area contributed by atoms with Crippen LogP contribution in [-0.4, -0.2) is 37.3 Å². The maximum Gasteiger partial charge on any atom is 0.193 e. The first-order chi connectivity index (χ1) is 13.8. The summed E-state index contributed by atoms with van der Waals surface area (Å²) in [5.74, 6) is 0.350. The summed E-state index contributed by atoms with van der Waals surface area (Å²) in [6, 6.07) is 6.58. The highest BCUT2D eigenvalue weighted by atomic mass is 16.5. The van der Waals surface area contributed by atoms with Crippen LogP contribution in [0.4, 0.5) is 0 Å². The second-order valence-corrected chi connectivity index (χ2v) is 6.60. The van der Waals surface area contributed by atoms with Gasteiger partial charge in [0.1, 0.15) is 22.8 Å². The highest BCUT2D eigenvalue weighted by molar-refractivity contribution is 6.11. The van der Waals surface area contributed by atoms with Crippen molar-refractivity contribution < 1.29 is 29.2 Å². The summed E-state index contributed by atoms with van der Waals surface area (Å²) >= 11 is 0. The molecule has 0 aliphatic rings. The SMILES string of the molecule is COc1ccc(/C=C/C(=O)c2c(OC)cc(O)c(CC=C(C)C)c2O)cc1OC. The van der Waals surface area contributed by atoms with E-state index in [0.717, 1.165) is 11.1 Å². The van der Waals surface area contributed by atoms with Crippen molar-refractivity contribution in [2.75, 3.05) is 21.3 Å². The van der Waals surface area contributed by atoms with E-state index in [4.69, 9.17) is 14.2 Å². The Hall–Kier alpha value is -3.41. The van der Waals surface area contributed by atoms with Crippen molar-refractivity contribution in [2.45, 2.75) is 20.3 Å². The summed E-state index contributed by atoms with van der Waals surface area (Å²) in [7, 11) is 4.45. The number of carbonyl (C=O) groups excluding carboxylic acids is 1. The van der Waals surface area contributed by atoms with Gasteiger partial charge in [0.05, 0.1) is 21.3 Å². The molecule has 2 N–H and O–H groups in total. The average Bonchev–Trinajstić information content (AvgIpc) is 2.70. The van der Waals surface area contributed by atoms with Gasteiger partial charge in [-0.05, 0) is 44.0 Å². The number of hydrogen-bond donors (Lipinski definition) is 2. The molecule has 0 amide bonds. The molecule has 6 nitrogen and oxygen atoms in total. The Kier molecular flexibility index (Phi) is 7.31. The largest absolute Gasteiger partial charge is 0.507 e. The van der Waals surface area contributed by atoms with E-state index < -0.39 is 5.78 Å². The zero-order chi connectivity index (χ0) is 21.6. The highest BCUT2D eigenvalue weighted by Crippen LogP contribution is 2.39. The summed E-state index contributed by atoms with van der Waals surface area (Å²) in [5.41, 5.74) is 2.02. The van der Waals surface area contributed by atoms with Crippen LogP contribution in [0.15, 0.2) is 42.0 Å². The van der Waals surface area contributed by atoms with Crippen LogP contribution < -0.4 is 14.2 Å². The van der Waals surface area contributed by atoms with E-state index in [1.807, 2.05) is 19.9 Å². The zero-order valence-corrected chi connectivity index (χ0v) is 17.3. The van der Waals surface area contributed by atoms with Crippen molar-refractivity contribution in [1.29, 1.82) is 0 Å². The fraction of sp³-hybridized carbons (Fsp3) is 0.261. The molecule has 0 unspecified atom stereocenters. The first-order valence-corrected chi connectivity index (χ1v) is 9.01. The van der Waals surface area contributed by atoms with Crippen molar-refractivity contribution >= 4 is 11.9 Å². The van der Waals surface area contributed by atoms with Crippen LogP contribution in [0, 0.1) is 0 Å². The number of phenolic OH excluding ortho intramolecular Hbond substituents is 2. The first-order valence-electron chi connectivity index (χ1n) is 9.01. The van der Waals surface area contributed by atoms with Gasteiger partial charge >= 0.3 is 0 Å². The van der Waals surface area contributed by atoms with E-state index >= 15 is 0 Å². The smallest absolute Gasteiger partial charge is 0.193 e. The van der Waals surface area contributed by atoms with Crippen molar-refractivity contribution in [3.8, 4) is 28.7 Å². The van der Waals surface area contributed by atoms with Gasteiger partial charge in [0.25, 0.3) is 0 Å². The van der Waals surface area contributed by atoms with Crippen molar-refractivity contribution in [1.82, 2.24) is 0 Å². The molecule has 0 radical (unpaired) electrons. The van der Waals surface area contributed by atoms with Gasteiger partial charge in [-0.15, -0.1) is 0 Å². The van der Waals surface area contributed by atoms with E-state index in [0.29, 0.717) is 17.9 Å². The Morgan fingerprint density at radius 1 is 0.966 bits per heavy atom. The molecule has 2 aromatic carbocycles. The van der Waals surface area contributed by atoms with Gasteiger partial charge < -0.3 is 24.4 Å². The number of benzene rings is 2. The van der Waals surface area contributed by atoms with Gasteiger partial charge in [0, 0.05) is 11.6 Å². The molecular weight excluding hydrogens is 372 g/mol. The van der Waals surface area contributed by atoms with Gasteiger partial charge in [-0.3, -0.25) is 4.79 Å². The van der Waals surface area contributed by atoms with Crippen LogP contribution in [-0.2, 0) is 6.42 Å². The molecule has 29 heavy (non-hydrogen) atoms. The molecule has 154 valence electrons. The van der Waals surface area contributed by atoms with E-state index in [1.54, 1.807) is 31.4 Å². The quantitative estimate of drug-likeness (QED) is 0.386. The van der Waals surface area contributed by atoms with Crippen LogP contribution in [0.25, 0.3) is 6.08 Å². The fourth-order valence-corrected chi connectivity index (χ4v) is 2.79. The molecule has 0 heterocycles. The van der Waals surface area contributed by atoms with Crippen LogP contribution in [0.1, 0.15) is 35.3 Å². The average molecular weight is 398 g/mol. The summed E-state index contributed by atoms with van der Waals surface area (Å²) in [6.07, 6.45) is 5.09. The molecule has 2 aromatic rings. The minimum atomic E-state index is -0.451. The third-order valence-corrected chi connectivity index (χ3v) is 4.36. The maximum absolute atomic E-state index is 12.8. The number of phenols is 2. The lowest BCUT2D eigenvalue weighted by Crippen LogP contribution is -2.02. The molecule has 0 aliphatic heterocycles. The fourth-order valence-electron chi connectivity index (χ4n) is 2.79. The Labute approximate surface area is 170 Å². The molecule has 0 fully saturated rings. The number of hydrogen-bond acceptors (Lipinski definition) is 6. The van der Waals surface area contributed by atoms with E-state index in [2.05, 4.69) is 0 Å². The van der Waals surface area contributed by atoms with Crippen LogP contribution >= 0.6 is 0 Å². The monoisotopic (exact) mass is 398 g/mol. The van der Waals surface area contributed by atoms with Crippen molar-refractivity contribution in [3.05, 3.63) is 58.7 Å².